The first-order chi connectivity index (χ1) is 25.0. The Bertz CT molecular complexity index is 2730. The van der Waals surface area contributed by atoms with Crippen molar-refractivity contribution in [3.63, 3.8) is 0 Å². The minimum atomic E-state index is -0.565. The van der Waals surface area contributed by atoms with Gasteiger partial charge >= 0.3 is 43.7 Å². The van der Waals surface area contributed by atoms with Crippen LogP contribution in [0.15, 0.2) is 123 Å². The number of fused-ring (bicyclic) bond motifs is 4. The van der Waals surface area contributed by atoms with E-state index in [2.05, 4.69) is 36.6 Å². The number of halogens is 2. The van der Waals surface area contributed by atoms with Crippen LogP contribution < -0.4 is 17.0 Å². The maximum absolute atomic E-state index is 13.0. The molecule has 9 rings (SSSR count). The first-order valence-corrected chi connectivity index (χ1v) is 16.4. The summed E-state index contributed by atoms with van der Waals surface area (Å²) in [5.74, 6) is -1.13. The smallest absolute Gasteiger partial charge is 0.397 e. The van der Waals surface area contributed by atoms with Gasteiger partial charge in [0.2, 0.25) is 0 Å². The Balaban J connectivity index is 0.000000277. The zero-order chi connectivity index (χ0) is 37.5. The second kappa shape index (κ2) is 19.9. The summed E-state index contributed by atoms with van der Waals surface area (Å²) in [5, 5.41) is 5.40. The largest absolute Gasteiger partial charge is 2.00 e. The number of hydrogen-bond acceptors (Lipinski definition) is 11. The third kappa shape index (κ3) is 9.42. The second-order valence-corrected chi connectivity index (χ2v) is 12.6. The summed E-state index contributed by atoms with van der Waals surface area (Å²) < 4.78 is 8.26. The molecule has 12 nitrogen and oxygen atoms in total. The van der Waals surface area contributed by atoms with Crippen LogP contribution in [-0.2, 0) is 43.4 Å². The number of nitrogens with two attached hydrogens (primary N) is 2. The number of benzene rings is 6. The van der Waals surface area contributed by atoms with Crippen LogP contribution in [0.2, 0.25) is 0 Å². The number of aromatic nitrogens is 2. The molecule has 1 aliphatic rings. The van der Waals surface area contributed by atoms with E-state index in [1.165, 1.54) is 0 Å². The van der Waals surface area contributed by atoms with Crippen LogP contribution in [0, 0.1) is 14.9 Å². The van der Waals surface area contributed by atoms with Gasteiger partial charge in [-0.1, -0.05) is 86.5 Å². The van der Waals surface area contributed by atoms with E-state index < -0.39 is 11.9 Å². The summed E-state index contributed by atoms with van der Waals surface area (Å²) in [7, 11) is 0. The Morgan fingerprint density at radius 3 is 1.60 bits per heavy atom. The summed E-state index contributed by atoms with van der Waals surface area (Å²) in [6, 6.07) is 33.8. The molecule has 6 aromatic carbocycles. The second-order valence-electron chi connectivity index (χ2n) is 10.7. The maximum Gasteiger partial charge on any atom is 2.00 e. The number of imidazole rings is 1. The van der Waals surface area contributed by atoms with Crippen molar-refractivity contribution in [2.24, 2.45) is 0 Å². The quantitative estimate of drug-likeness (QED) is 0.0494. The molecule has 8 aromatic rings. The van der Waals surface area contributed by atoms with E-state index in [4.69, 9.17) is 35.6 Å². The number of hydrogen-bond donors (Lipinski definition) is 2. The summed E-state index contributed by atoms with van der Waals surface area (Å²) in [4.78, 5) is 73.0. The molecule has 4 N–H and O–H groups in total. The van der Waals surface area contributed by atoms with Gasteiger partial charge in [-0.15, -0.1) is 0 Å². The van der Waals surface area contributed by atoms with Crippen LogP contribution in [0.3, 0.4) is 0 Å². The van der Waals surface area contributed by atoms with Gasteiger partial charge in [0, 0.05) is 30.5 Å². The molecule has 0 amide bonds. The van der Waals surface area contributed by atoms with Crippen LogP contribution >= 0.6 is 31.9 Å². The third-order valence-corrected chi connectivity index (χ3v) is 8.76. The van der Waals surface area contributed by atoms with Crippen molar-refractivity contribution in [3.05, 3.63) is 154 Å². The van der Waals surface area contributed by atoms with E-state index in [1.807, 2.05) is 72.8 Å². The Morgan fingerprint density at radius 1 is 0.600 bits per heavy atom. The number of ether oxygens (including phenoxy) is 1. The number of pyridine rings is 1. The number of rotatable bonds is 0. The van der Waals surface area contributed by atoms with Crippen molar-refractivity contribution in [2.45, 2.75) is 0 Å². The summed E-state index contributed by atoms with van der Waals surface area (Å²) in [6.07, 6.45) is 0.500. The van der Waals surface area contributed by atoms with Crippen LogP contribution in [0.5, 0.6) is 0 Å². The Kier molecular flexibility index (Phi) is 16.4. The molecule has 0 saturated carbocycles. The SMILES string of the molecule is Nc1ccc(Br)cc1N.O=C1OC(=O)c2cccc3cccc1c23.O=C=O.O=C=O.O=c1c2cccc3cccc(c32)c2nc3cc(Br)ccc3n12.[CH3-].[CH3-].[Zn+2]. The number of anilines is 2. The van der Waals surface area contributed by atoms with Gasteiger partial charge in [-0.3, -0.25) is 9.20 Å². The summed E-state index contributed by atoms with van der Waals surface area (Å²) in [5.41, 5.74) is 15.4. The van der Waals surface area contributed by atoms with Crippen molar-refractivity contribution in [1.82, 2.24) is 9.38 Å². The average molecular weight is 918 g/mol. The molecule has 0 spiro atoms. The number of nitrogens with zero attached hydrogens (tertiary/aromatic N) is 2. The topological polar surface area (TPSA) is 198 Å². The number of cyclic esters (lactones) is 2. The van der Waals surface area contributed by atoms with Gasteiger partial charge in [0.05, 0.1) is 33.5 Å². The fourth-order valence-corrected chi connectivity index (χ4v) is 6.41. The average Bonchev–Trinajstić information content (AvgIpc) is 3.51. The normalized spacial score (nSPS) is 10.5. The predicted molar refractivity (Wildman–Crippen MR) is 212 cm³/mol. The van der Waals surface area contributed by atoms with Gasteiger partial charge in [0.15, 0.2) is 0 Å². The number of carbonyl (C=O) groups excluding carboxylic acids is 6. The van der Waals surface area contributed by atoms with Crippen molar-refractivity contribution >= 4 is 116 Å². The first kappa shape index (κ1) is 45.2. The van der Waals surface area contributed by atoms with Crippen molar-refractivity contribution in [2.75, 3.05) is 11.5 Å². The zero-order valence-electron chi connectivity index (χ0n) is 29.2. The van der Waals surface area contributed by atoms with Crippen LogP contribution in [-0.4, -0.2) is 33.6 Å². The minimum Gasteiger partial charge on any atom is -0.397 e. The molecule has 15 heteroatoms. The molecule has 0 bridgehead atoms. The number of esters is 2. The Hall–Kier alpha value is -5.94. The molecule has 0 unspecified atom stereocenters. The predicted octanol–water partition coefficient (Wildman–Crippen LogP) is 7.85. The van der Waals surface area contributed by atoms with Crippen molar-refractivity contribution < 1.29 is 53.0 Å². The van der Waals surface area contributed by atoms with E-state index in [1.54, 1.807) is 40.8 Å². The summed E-state index contributed by atoms with van der Waals surface area (Å²) in [6.45, 7) is 0. The molecule has 3 heterocycles. The fraction of sp³-hybridized carbons (Fsp3) is 0. The molecule has 272 valence electrons. The fourth-order valence-electron chi connectivity index (χ4n) is 5.69. The van der Waals surface area contributed by atoms with E-state index in [9.17, 15) is 14.4 Å². The molecular weight excluding hydrogens is 890 g/mol. The minimum absolute atomic E-state index is 0. The third-order valence-electron chi connectivity index (χ3n) is 7.77. The van der Waals surface area contributed by atoms with Crippen LogP contribution in [0.1, 0.15) is 20.7 Å². The molecule has 2 aromatic heterocycles. The van der Waals surface area contributed by atoms with E-state index in [0.29, 0.717) is 27.9 Å². The van der Waals surface area contributed by atoms with Gasteiger partial charge in [0.1, 0.15) is 5.65 Å². The number of carbonyl (C=O) groups is 2. The van der Waals surface area contributed by atoms with E-state index in [0.717, 1.165) is 52.6 Å². The zero-order valence-corrected chi connectivity index (χ0v) is 35.3. The van der Waals surface area contributed by atoms with E-state index >= 15 is 0 Å². The monoisotopic (exact) mass is 914 g/mol. The molecule has 0 atom stereocenters. The van der Waals surface area contributed by atoms with Gasteiger partial charge in [-0.2, -0.15) is 19.2 Å². The van der Waals surface area contributed by atoms with Gasteiger partial charge in [0.25, 0.3) is 5.56 Å². The molecule has 0 saturated heterocycles. The maximum atomic E-state index is 13.0. The van der Waals surface area contributed by atoms with Crippen molar-refractivity contribution in [1.29, 1.82) is 0 Å². The van der Waals surface area contributed by atoms with Crippen molar-refractivity contribution in [3.8, 4) is 0 Å². The molecule has 0 radical (unpaired) electrons. The molecule has 55 heavy (non-hydrogen) atoms. The number of nitrogen functional groups attached to an aromatic ring is 2. The molecular formula is C40H28Br2N4O8Zn. The molecule has 0 fully saturated rings. The van der Waals surface area contributed by atoms with Gasteiger partial charge in [-0.05, 0) is 65.4 Å². The van der Waals surface area contributed by atoms with Gasteiger partial charge < -0.3 is 31.1 Å². The first-order valence-electron chi connectivity index (χ1n) is 14.9. The van der Waals surface area contributed by atoms with E-state index in [-0.39, 0.29) is 52.2 Å². The molecule has 0 aliphatic carbocycles. The molecule has 1 aliphatic heterocycles. The van der Waals surface area contributed by atoms with Gasteiger partial charge in [-0.25, -0.2) is 14.6 Å². The van der Waals surface area contributed by atoms with Crippen LogP contribution in [0.4, 0.5) is 11.4 Å². The van der Waals surface area contributed by atoms with Crippen LogP contribution in [0.25, 0.3) is 49.0 Å². The Labute approximate surface area is 342 Å². The summed E-state index contributed by atoms with van der Waals surface area (Å²) >= 11 is 6.72. The Morgan fingerprint density at radius 2 is 1.07 bits per heavy atom. The standard InChI is InChI=1S/C18H9BrN2O.C12H6O3.C6H7BrN2.2CO2.2CH3.Zn/c19-11-7-8-15-14(9-11)20-17-12-5-1-3-10-4-2-6-13(16(10)12)18(22)21(15)17;13-11-8-5-1-3-7-4-2-6-9(10(7)8)12(14)15-11;7-4-1-2-5(8)6(9)3-4;2*2-1-3;;;/h1-9H;1-6H;1-3H,8-9H2;;;2*1H3;/q;;;;;2*-1;+2.